The van der Waals surface area contributed by atoms with Gasteiger partial charge in [0.1, 0.15) is 0 Å². The molecule has 1 heterocycles. The van der Waals surface area contributed by atoms with Crippen molar-refractivity contribution in [2.24, 2.45) is 12.8 Å². The second-order valence-electron chi connectivity index (χ2n) is 2.57. The van der Waals surface area contributed by atoms with Gasteiger partial charge in [0.25, 0.3) is 0 Å². The van der Waals surface area contributed by atoms with E-state index in [0.29, 0.717) is 5.56 Å². The highest BCUT2D eigenvalue weighted by molar-refractivity contribution is 7.90. The van der Waals surface area contributed by atoms with E-state index in [9.17, 15) is 8.42 Å². The quantitative estimate of drug-likeness (QED) is 0.666. The van der Waals surface area contributed by atoms with E-state index in [0.717, 1.165) is 6.26 Å². The summed E-state index contributed by atoms with van der Waals surface area (Å²) in [4.78, 5) is 0. The lowest BCUT2D eigenvalue weighted by Gasteiger charge is -2.00. The van der Waals surface area contributed by atoms with Gasteiger partial charge in [-0.3, -0.25) is 4.68 Å². The van der Waals surface area contributed by atoms with Crippen molar-refractivity contribution in [1.29, 1.82) is 0 Å². The summed E-state index contributed by atoms with van der Waals surface area (Å²) in [5.41, 5.74) is 5.90. The molecule has 0 aliphatic heterocycles. The first-order chi connectivity index (χ1) is 5.46. The minimum absolute atomic E-state index is 0.191. The van der Waals surface area contributed by atoms with E-state index in [1.165, 1.54) is 10.9 Å². The van der Waals surface area contributed by atoms with Crippen molar-refractivity contribution in [2.45, 2.75) is 11.6 Å². The molecule has 0 saturated heterocycles. The molecule has 0 aromatic carbocycles. The Hall–Kier alpha value is -0.880. The van der Waals surface area contributed by atoms with Crippen LogP contribution in [0.3, 0.4) is 0 Å². The standard InChI is InChI=1S/C6H11N3O2S/c1-9-6(12(2,10)11)5(3-7)4-8-9/h4H,3,7H2,1-2H3. The molecule has 0 aliphatic rings. The number of hydrogen-bond acceptors (Lipinski definition) is 4. The van der Waals surface area contributed by atoms with Crippen molar-refractivity contribution in [3.05, 3.63) is 11.8 Å². The fourth-order valence-corrected chi connectivity index (χ4v) is 2.23. The highest BCUT2D eigenvalue weighted by Gasteiger charge is 2.16. The minimum Gasteiger partial charge on any atom is -0.326 e. The Balaban J connectivity index is 3.39. The average molecular weight is 189 g/mol. The molecule has 6 heteroatoms. The molecule has 5 nitrogen and oxygen atoms in total. The summed E-state index contributed by atoms with van der Waals surface area (Å²) < 4.78 is 23.7. The summed E-state index contributed by atoms with van der Waals surface area (Å²) in [6.45, 7) is 0.191. The maximum Gasteiger partial charge on any atom is 0.192 e. The highest BCUT2D eigenvalue weighted by atomic mass is 32.2. The van der Waals surface area contributed by atoms with E-state index in [-0.39, 0.29) is 11.6 Å². The molecule has 0 atom stereocenters. The Labute approximate surface area is 71.1 Å². The molecule has 2 N–H and O–H groups in total. The van der Waals surface area contributed by atoms with Crippen LogP contribution in [0, 0.1) is 0 Å². The van der Waals surface area contributed by atoms with Crippen LogP contribution in [0.5, 0.6) is 0 Å². The number of sulfone groups is 1. The van der Waals surface area contributed by atoms with Crippen molar-refractivity contribution in [2.75, 3.05) is 6.26 Å². The third kappa shape index (κ3) is 1.49. The number of nitrogens with two attached hydrogens (primary N) is 1. The number of rotatable bonds is 2. The van der Waals surface area contributed by atoms with Crippen LogP contribution >= 0.6 is 0 Å². The third-order valence-corrected chi connectivity index (χ3v) is 2.76. The second-order valence-corrected chi connectivity index (χ2v) is 4.51. The molecular formula is C6H11N3O2S. The first-order valence-corrected chi connectivity index (χ1v) is 5.27. The summed E-state index contributed by atoms with van der Waals surface area (Å²) in [6, 6.07) is 0. The zero-order valence-electron chi connectivity index (χ0n) is 6.98. The molecule has 0 amide bonds. The maximum atomic E-state index is 11.2. The molecule has 0 spiro atoms. The zero-order valence-corrected chi connectivity index (χ0v) is 7.80. The summed E-state index contributed by atoms with van der Waals surface area (Å²) in [6.07, 6.45) is 2.61. The van der Waals surface area contributed by atoms with Gasteiger partial charge in [-0.2, -0.15) is 5.10 Å². The minimum atomic E-state index is -3.21. The Bertz CT molecular complexity index is 379. The lowest BCUT2D eigenvalue weighted by atomic mass is 10.4. The van der Waals surface area contributed by atoms with Gasteiger partial charge in [0.05, 0.1) is 6.20 Å². The van der Waals surface area contributed by atoms with Gasteiger partial charge in [0.15, 0.2) is 14.9 Å². The zero-order chi connectivity index (χ0) is 9.35. The fraction of sp³-hybridized carbons (Fsp3) is 0.500. The molecule has 0 bridgehead atoms. The van der Waals surface area contributed by atoms with Crippen LogP contribution in [-0.2, 0) is 23.4 Å². The topological polar surface area (TPSA) is 78.0 Å². The van der Waals surface area contributed by atoms with Gasteiger partial charge < -0.3 is 5.73 Å². The molecule has 1 aromatic rings. The fourth-order valence-electron chi connectivity index (χ4n) is 1.09. The van der Waals surface area contributed by atoms with Crippen molar-refractivity contribution in [1.82, 2.24) is 9.78 Å². The van der Waals surface area contributed by atoms with Crippen LogP contribution in [-0.4, -0.2) is 24.5 Å². The van der Waals surface area contributed by atoms with Crippen molar-refractivity contribution in [3.63, 3.8) is 0 Å². The van der Waals surface area contributed by atoms with Gasteiger partial charge in [-0.25, -0.2) is 8.42 Å². The van der Waals surface area contributed by atoms with E-state index in [2.05, 4.69) is 5.10 Å². The predicted octanol–water partition coefficient (Wildman–Crippen LogP) is -0.718. The van der Waals surface area contributed by atoms with Crippen molar-refractivity contribution < 1.29 is 8.42 Å². The summed E-state index contributed by atoms with van der Waals surface area (Å²) >= 11 is 0. The Morgan fingerprint density at radius 3 is 2.58 bits per heavy atom. The van der Waals surface area contributed by atoms with Crippen LogP contribution in [0.1, 0.15) is 5.56 Å². The number of nitrogens with zero attached hydrogens (tertiary/aromatic N) is 2. The van der Waals surface area contributed by atoms with E-state index in [1.807, 2.05) is 0 Å². The first-order valence-electron chi connectivity index (χ1n) is 3.38. The van der Waals surface area contributed by atoms with E-state index < -0.39 is 9.84 Å². The summed E-state index contributed by atoms with van der Waals surface area (Å²) in [5.74, 6) is 0. The number of hydrogen-bond donors (Lipinski definition) is 1. The lowest BCUT2D eigenvalue weighted by Crippen LogP contribution is -2.09. The van der Waals surface area contributed by atoms with Crippen LogP contribution in [0.4, 0.5) is 0 Å². The lowest BCUT2D eigenvalue weighted by molar-refractivity contribution is 0.580. The van der Waals surface area contributed by atoms with Gasteiger partial charge in [-0.05, 0) is 0 Å². The van der Waals surface area contributed by atoms with Crippen LogP contribution in [0.2, 0.25) is 0 Å². The predicted molar refractivity (Wildman–Crippen MR) is 44.2 cm³/mol. The van der Waals surface area contributed by atoms with Crippen LogP contribution in [0.15, 0.2) is 11.2 Å². The molecule has 0 saturated carbocycles. The van der Waals surface area contributed by atoms with Crippen molar-refractivity contribution in [3.8, 4) is 0 Å². The van der Waals surface area contributed by atoms with E-state index in [1.54, 1.807) is 7.05 Å². The van der Waals surface area contributed by atoms with Crippen LogP contribution in [0.25, 0.3) is 0 Å². The Morgan fingerprint density at radius 2 is 2.25 bits per heavy atom. The van der Waals surface area contributed by atoms with Gasteiger partial charge in [-0.1, -0.05) is 0 Å². The van der Waals surface area contributed by atoms with E-state index in [4.69, 9.17) is 5.73 Å². The molecule has 12 heavy (non-hydrogen) atoms. The number of aryl methyl sites for hydroxylation is 1. The van der Waals surface area contributed by atoms with E-state index >= 15 is 0 Å². The Morgan fingerprint density at radius 1 is 1.67 bits per heavy atom. The molecule has 0 aliphatic carbocycles. The average Bonchev–Trinajstić information content (AvgIpc) is 2.29. The van der Waals surface area contributed by atoms with Gasteiger partial charge in [0, 0.05) is 25.4 Å². The molecule has 68 valence electrons. The summed E-state index contributed by atoms with van der Waals surface area (Å²) in [7, 11) is -1.63. The molecular weight excluding hydrogens is 178 g/mol. The smallest absolute Gasteiger partial charge is 0.192 e. The molecule has 1 aromatic heterocycles. The van der Waals surface area contributed by atoms with Gasteiger partial charge in [-0.15, -0.1) is 0 Å². The van der Waals surface area contributed by atoms with Crippen molar-refractivity contribution >= 4 is 9.84 Å². The third-order valence-electron chi connectivity index (χ3n) is 1.53. The SMILES string of the molecule is Cn1ncc(CN)c1S(C)(=O)=O. The van der Waals surface area contributed by atoms with Crippen LogP contribution < -0.4 is 5.73 Å². The molecule has 0 radical (unpaired) electrons. The molecule has 0 unspecified atom stereocenters. The second kappa shape index (κ2) is 2.87. The summed E-state index contributed by atoms with van der Waals surface area (Å²) in [5, 5.41) is 4.01. The molecule has 0 fully saturated rings. The maximum absolute atomic E-state index is 11.2. The highest BCUT2D eigenvalue weighted by Crippen LogP contribution is 2.12. The first kappa shape index (κ1) is 9.21. The molecule has 1 rings (SSSR count). The normalized spacial score (nSPS) is 11.9. The monoisotopic (exact) mass is 189 g/mol. The largest absolute Gasteiger partial charge is 0.326 e. The Kier molecular flexibility index (Phi) is 2.20. The van der Waals surface area contributed by atoms with Gasteiger partial charge >= 0.3 is 0 Å². The van der Waals surface area contributed by atoms with Gasteiger partial charge in [0.2, 0.25) is 0 Å². The number of aromatic nitrogens is 2.